The lowest BCUT2D eigenvalue weighted by Gasteiger charge is -2.09. The quantitative estimate of drug-likeness (QED) is 0.705. The van der Waals surface area contributed by atoms with Crippen molar-refractivity contribution in [1.82, 2.24) is 5.32 Å². The minimum Gasteiger partial charge on any atom is -0.507 e. The summed E-state index contributed by atoms with van der Waals surface area (Å²) in [6.07, 6.45) is 1.71. The molecule has 1 aromatic rings. The first-order chi connectivity index (χ1) is 8.54. The summed E-state index contributed by atoms with van der Waals surface area (Å²) in [4.78, 5) is 11.7. The summed E-state index contributed by atoms with van der Waals surface area (Å²) in [6.45, 7) is 2.71. The van der Waals surface area contributed by atoms with E-state index >= 15 is 0 Å². The van der Waals surface area contributed by atoms with E-state index in [9.17, 15) is 9.90 Å². The van der Waals surface area contributed by atoms with Crippen LogP contribution in [0.2, 0.25) is 0 Å². The van der Waals surface area contributed by atoms with Crippen molar-refractivity contribution in [1.29, 1.82) is 0 Å². The third-order valence-electron chi connectivity index (χ3n) is 2.68. The first-order valence-electron chi connectivity index (χ1n) is 5.92. The maximum absolute atomic E-state index is 11.7. The van der Waals surface area contributed by atoms with Crippen LogP contribution in [0.5, 0.6) is 5.75 Å². The highest BCUT2D eigenvalue weighted by atomic mass is 79.9. The van der Waals surface area contributed by atoms with Crippen LogP contribution in [0.1, 0.15) is 30.1 Å². The number of aliphatic hydroxyl groups is 1. The lowest BCUT2D eigenvalue weighted by atomic mass is 10.1. The van der Waals surface area contributed by atoms with Crippen molar-refractivity contribution in [2.45, 2.75) is 19.8 Å². The van der Waals surface area contributed by atoms with Gasteiger partial charge in [-0.15, -0.1) is 0 Å². The Labute approximate surface area is 115 Å². The summed E-state index contributed by atoms with van der Waals surface area (Å²) in [7, 11) is 0. The molecule has 0 fully saturated rings. The molecule has 0 heterocycles. The van der Waals surface area contributed by atoms with E-state index in [1.54, 1.807) is 12.1 Å². The van der Waals surface area contributed by atoms with Crippen LogP contribution in [0.25, 0.3) is 0 Å². The predicted octanol–water partition coefficient (Wildman–Crippen LogP) is 2.29. The highest BCUT2D eigenvalue weighted by molar-refractivity contribution is 9.10. The topological polar surface area (TPSA) is 69.6 Å². The molecule has 0 radical (unpaired) electrons. The lowest BCUT2D eigenvalue weighted by molar-refractivity contribution is 0.0951. The smallest absolute Gasteiger partial charge is 0.251 e. The van der Waals surface area contributed by atoms with Crippen molar-refractivity contribution >= 4 is 21.8 Å². The Balaban J connectivity index is 2.39. The molecule has 0 spiro atoms. The number of rotatable bonds is 6. The van der Waals surface area contributed by atoms with Crippen LogP contribution < -0.4 is 5.32 Å². The summed E-state index contributed by atoms with van der Waals surface area (Å²) >= 11 is 3.16. The van der Waals surface area contributed by atoms with E-state index in [2.05, 4.69) is 21.2 Å². The van der Waals surface area contributed by atoms with Crippen LogP contribution in [0.3, 0.4) is 0 Å². The maximum atomic E-state index is 11.7. The molecular weight excluding hydrogens is 298 g/mol. The third-order valence-corrected chi connectivity index (χ3v) is 3.35. The van der Waals surface area contributed by atoms with E-state index in [0.29, 0.717) is 16.6 Å². The summed E-state index contributed by atoms with van der Waals surface area (Å²) in [6, 6.07) is 4.71. The van der Waals surface area contributed by atoms with Crippen molar-refractivity contribution in [3.63, 3.8) is 0 Å². The number of aromatic hydroxyl groups is 1. The largest absolute Gasteiger partial charge is 0.507 e. The standard InChI is InChI=1S/C13H18BrNO3/c1-9(8-16)3-2-6-15-13(18)10-4-5-11(14)12(17)7-10/h4-5,7,9,16-17H,2-3,6,8H2,1H3,(H,15,18). The molecule has 1 aromatic carbocycles. The second kappa shape index (κ2) is 7.38. The minimum atomic E-state index is -0.200. The molecule has 5 heteroatoms. The molecule has 3 N–H and O–H groups in total. The van der Waals surface area contributed by atoms with Crippen molar-refractivity contribution in [3.8, 4) is 5.75 Å². The van der Waals surface area contributed by atoms with Gasteiger partial charge in [0.05, 0.1) is 4.47 Å². The minimum absolute atomic E-state index is 0.0524. The summed E-state index contributed by atoms with van der Waals surface area (Å²) in [5.74, 6) is 0.115. The fourth-order valence-corrected chi connectivity index (χ4v) is 1.75. The Bertz CT molecular complexity index is 409. The average Bonchev–Trinajstić information content (AvgIpc) is 2.37. The number of carbonyl (C=O) groups excluding carboxylic acids is 1. The van der Waals surface area contributed by atoms with Crippen LogP contribution in [0.4, 0.5) is 0 Å². The Hall–Kier alpha value is -1.07. The summed E-state index contributed by atoms with van der Waals surface area (Å²) in [5, 5.41) is 21.1. The molecule has 0 aliphatic carbocycles. The van der Waals surface area contributed by atoms with Gasteiger partial charge in [-0.25, -0.2) is 0 Å². The molecular formula is C13H18BrNO3. The monoisotopic (exact) mass is 315 g/mol. The van der Waals surface area contributed by atoms with Crippen molar-refractivity contribution in [2.75, 3.05) is 13.2 Å². The molecule has 0 saturated carbocycles. The van der Waals surface area contributed by atoms with Crippen LogP contribution in [0, 0.1) is 5.92 Å². The number of phenolic OH excluding ortho intramolecular Hbond substituents is 1. The number of benzene rings is 1. The highest BCUT2D eigenvalue weighted by Gasteiger charge is 2.07. The van der Waals surface area contributed by atoms with E-state index < -0.39 is 0 Å². The SMILES string of the molecule is CC(CO)CCCNC(=O)c1ccc(Br)c(O)c1. The van der Waals surface area contributed by atoms with Crippen LogP contribution in [-0.2, 0) is 0 Å². The highest BCUT2D eigenvalue weighted by Crippen LogP contribution is 2.24. The van der Waals surface area contributed by atoms with Gasteiger partial charge in [-0.2, -0.15) is 0 Å². The zero-order chi connectivity index (χ0) is 13.5. The van der Waals surface area contributed by atoms with Gasteiger partial charge in [0.25, 0.3) is 5.91 Å². The molecule has 0 aliphatic rings. The molecule has 0 aliphatic heterocycles. The number of hydrogen-bond acceptors (Lipinski definition) is 3. The molecule has 18 heavy (non-hydrogen) atoms. The van der Waals surface area contributed by atoms with Gasteiger partial charge >= 0.3 is 0 Å². The molecule has 1 unspecified atom stereocenters. The van der Waals surface area contributed by atoms with Gasteiger partial charge in [-0.05, 0) is 52.9 Å². The fourth-order valence-electron chi connectivity index (χ4n) is 1.50. The van der Waals surface area contributed by atoms with Crippen molar-refractivity contribution < 1.29 is 15.0 Å². The zero-order valence-corrected chi connectivity index (χ0v) is 11.9. The van der Waals surface area contributed by atoms with E-state index in [1.165, 1.54) is 6.07 Å². The van der Waals surface area contributed by atoms with Crippen LogP contribution in [0.15, 0.2) is 22.7 Å². The first-order valence-corrected chi connectivity index (χ1v) is 6.71. The number of amides is 1. The number of hydrogen-bond donors (Lipinski definition) is 3. The number of phenols is 1. The second-order valence-electron chi connectivity index (χ2n) is 4.35. The fraction of sp³-hybridized carbons (Fsp3) is 0.462. The van der Waals surface area contributed by atoms with E-state index in [-0.39, 0.29) is 24.2 Å². The third kappa shape index (κ3) is 4.66. The Kier molecular flexibility index (Phi) is 6.15. The second-order valence-corrected chi connectivity index (χ2v) is 5.21. The maximum Gasteiger partial charge on any atom is 0.251 e. The van der Waals surface area contributed by atoms with Gasteiger partial charge in [0.15, 0.2) is 0 Å². The van der Waals surface area contributed by atoms with E-state index in [0.717, 1.165) is 12.8 Å². The zero-order valence-electron chi connectivity index (χ0n) is 10.3. The van der Waals surface area contributed by atoms with E-state index in [4.69, 9.17) is 5.11 Å². The number of carbonyl (C=O) groups is 1. The Morgan fingerprint density at radius 2 is 2.22 bits per heavy atom. The summed E-state index contributed by atoms with van der Waals surface area (Å²) < 4.78 is 0.566. The Morgan fingerprint density at radius 1 is 1.50 bits per heavy atom. The average molecular weight is 316 g/mol. The molecule has 100 valence electrons. The van der Waals surface area contributed by atoms with Crippen LogP contribution >= 0.6 is 15.9 Å². The van der Waals surface area contributed by atoms with Crippen molar-refractivity contribution in [3.05, 3.63) is 28.2 Å². The van der Waals surface area contributed by atoms with Gasteiger partial charge in [0, 0.05) is 18.7 Å². The molecule has 4 nitrogen and oxygen atoms in total. The molecule has 0 aromatic heterocycles. The molecule has 1 atom stereocenters. The van der Waals surface area contributed by atoms with Gasteiger partial charge in [0.2, 0.25) is 0 Å². The molecule has 1 rings (SSSR count). The van der Waals surface area contributed by atoms with Gasteiger partial charge in [-0.1, -0.05) is 6.92 Å². The van der Waals surface area contributed by atoms with Gasteiger partial charge in [0.1, 0.15) is 5.75 Å². The number of halogens is 1. The molecule has 1 amide bonds. The van der Waals surface area contributed by atoms with E-state index in [1.807, 2.05) is 6.92 Å². The molecule has 0 bridgehead atoms. The summed E-state index contributed by atoms with van der Waals surface area (Å²) in [5.41, 5.74) is 0.436. The van der Waals surface area contributed by atoms with Crippen LogP contribution in [-0.4, -0.2) is 29.3 Å². The first kappa shape index (κ1) is 15.0. The Morgan fingerprint density at radius 3 is 2.83 bits per heavy atom. The number of nitrogens with one attached hydrogen (secondary N) is 1. The predicted molar refractivity (Wildman–Crippen MR) is 73.6 cm³/mol. The molecule has 0 saturated heterocycles. The number of aliphatic hydroxyl groups excluding tert-OH is 1. The van der Waals surface area contributed by atoms with Crippen molar-refractivity contribution in [2.24, 2.45) is 5.92 Å². The lowest BCUT2D eigenvalue weighted by Crippen LogP contribution is -2.24. The van der Waals surface area contributed by atoms with Gasteiger partial charge in [-0.3, -0.25) is 4.79 Å². The normalized spacial score (nSPS) is 12.2. The van der Waals surface area contributed by atoms with Gasteiger partial charge < -0.3 is 15.5 Å².